The van der Waals surface area contributed by atoms with E-state index < -0.39 is 9.52 Å². The highest BCUT2D eigenvalue weighted by Crippen LogP contribution is 2.26. The molecule has 0 fully saturated rings. The van der Waals surface area contributed by atoms with E-state index in [0.717, 1.165) is 5.92 Å². The van der Waals surface area contributed by atoms with Crippen molar-refractivity contribution in [2.45, 2.75) is 25.1 Å². The molecule has 0 aliphatic rings. The highest BCUT2D eigenvalue weighted by molar-refractivity contribution is 6.41. The fourth-order valence-electron chi connectivity index (χ4n) is 2.51. The molecular formula is C18H20O2Si. The van der Waals surface area contributed by atoms with Crippen molar-refractivity contribution in [2.24, 2.45) is 0 Å². The van der Waals surface area contributed by atoms with Crippen LogP contribution in [0.2, 0.25) is 0 Å². The fourth-order valence-corrected chi connectivity index (χ4v) is 4.66. The topological polar surface area (TPSA) is 26.3 Å². The van der Waals surface area contributed by atoms with E-state index in [9.17, 15) is 4.79 Å². The third-order valence-corrected chi connectivity index (χ3v) is 6.51. The van der Waals surface area contributed by atoms with Gasteiger partial charge in [0.15, 0.2) is 0 Å². The van der Waals surface area contributed by atoms with E-state index in [2.05, 4.69) is 48.5 Å². The normalized spacial score (nSPS) is 13.0. The van der Waals surface area contributed by atoms with E-state index in [4.69, 9.17) is 4.74 Å². The monoisotopic (exact) mass is 296 g/mol. The van der Waals surface area contributed by atoms with Crippen LogP contribution in [0.1, 0.15) is 30.5 Å². The first-order valence-corrected chi connectivity index (χ1v) is 8.78. The lowest BCUT2D eigenvalue weighted by atomic mass is 10.0. The Hall–Kier alpha value is -1.87. The van der Waals surface area contributed by atoms with E-state index in [-0.39, 0.29) is 5.73 Å². The summed E-state index contributed by atoms with van der Waals surface area (Å²) in [5, 5.41) is 0. The number of hydrogen-bond acceptors (Lipinski definition) is 2. The van der Waals surface area contributed by atoms with Gasteiger partial charge in [0.25, 0.3) is 0 Å². The van der Waals surface area contributed by atoms with Crippen LogP contribution in [0, 0.1) is 5.92 Å². The van der Waals surface area contributed by atoms with Crippen molar-refractivity contribution in [3.05, 3.63) is 77.7 Å². The second-order valence-electron chi connectivity index (χ2n) is 5.38. The van der Waals surface area contributed by atoms with Crippen molar-refractivity contribution < 1.29 is 9.53 Å². The molecule has 2 aromatic carbocycles. The highest BCUT2D eigenvalue weighted by atomic mass is 28.2. The molecule has 2 radical (unpaired) electrons. The first kappa shape index (κ1) is 15.5. The van der Waals surface area contributed by atoms with Gasteiger partial charge >= 0.3 is 6.47 Å². The van der Waals surface area contributed by atoms with Gasteiger partial charge < -0.3 is 4.74 Å². The van der Waals surface area contributed by atoms with Crippen molar-refractivity contribution in [1.82, 2.24) is 0 Å². The van der Waals surface area contributed by atoms with Crippen LogP contribution in [-0.4, -0.2) is 21.7 Å². The van der Waals surface area contributed by atoms with Crippen molar-refractivity contribution in [3.8, 4) is 0 Å². The van der Waals surface area contributed by atoms with Gasteiger partial charge in [-0.25, -0.2) is 4.79 Å². The molecule has 1 atom stereocenters. The number of hydrogen-bond donors (Lipinski definition) is 0. The van der Waals surface area contributed by atoms with E-state index in [1.54, 1.807) is 6.47 Å². The molecule has 0 spiro atoms. The van der Waals surface area contributed by atoms with Gasteiger partial charge in [-0.05, 0) is 11.1 Å². The van der Waals surface area contributed by atoms with E-state index in [1.165, 1.54) is 11.1 Å². The standard InChI is InChI=1S/C18H20O2Si/c1-14(2)18(20-13-19)21-17(15-9-5-3-6-10-15)16-11-7-4-8-12-16/h3-12,17-18H,21H2,1-2H3. The zero-order valence-electron chi connectivity index (χ0n) is 12.5. The number of rotatable bonds is 7. The molecule has 108 valence electrons. The second kappa shape index (κ2) is 7.79. The van der Waals surface area contributed by atoms with Gasteiger partial charge in [0.2, 0.25) is 0 Å². The van der Waals surface area contributed by atoms with Crippen molar-refractivity contribution in [1.29, 1.82) is 0 Å². The van der Waals surface area contributed by atoms with Crippen LogP contribution in [0.5, 0.6) is 0 Å². The van der Waals surface area contributed by atoms with Gasteiger partial charge in [-0.2, -0.15) is 0 Å². The first-order chi connectivity index (χ1) is 10.2. The summed E-state index contributed by atoms with van der Waals surface area (Å²) in [4.78, 5) is 10.6. The Morgan fingerprint density at radius 2 is 1.43 bits per heavy atom. The van der Waals surface area contributed by atoms with E-state index in [1.807, 2.05) is 26.0 Å². The molecule has 1 unspecified atom stereocenters. The molecule has 2 aromatic rings. The predicted octanol–water partition coefficient (Wildman–Crippen LogP) is 2.97. The average Bonchev–Trinajstić information content (AvgIpc) is 2.53. The molecule has 0 bridgehead atoms. The molecule has 2 rings (SSSR count). The third-order valence-electron chi connectivity index (χ3n) is 3.69. The maximum Gasteiger partial charge on any atom is 0.417 e. The van der Waals surface area contributed by atoms with E-state index in [0.29, 0.717) is 5.54 Å². The zero-order valence-corrected chi connectivity index (χ0v) is 13.9. The number of ether oxygens (including phenoxy) is 1. The summed E-state index contributed by atoms with van der Waals surface area (Å²) in [5.41, 5.74) is 2.83. The van der Waals surface area contributed by atoms with Gasteiger partial charge in [-0.3, -0.25) is 0 Å². The molecule has 0 heterocycles. The average molecular weight is 296 g/mol. The summed E-state index contributed by atoms with van der Waals surface area (Å²) < 4.78 is 5.20. The minimum Gasteiger partial charge on any atom is -0.458 e. The lowest BCUT2D eigenvalue weighted by Crippen LogP contribution is -2.30. The number of carbonyl (C=O) groups excluding carboxylic acids is 1. The number of benzene rings is 2. The Morgan fingerprint density at radius 1 is 0.952 bits per heavy atom. The highest BCUT2D eigenvalue weighted by Gasteiger charge is 2.24. The molecule has 2 nitrogen and oxygen atoms in total. The van der Waals surface area contributed by atoms with Crippen LogP contribution in [0.15, 0.2) is 60.7 Å². The smallest absolute Gasteiger partial charge is 0.417 e. The lowest BCUT2D eigenvalue weighted by Gasteiger charge is -2.24. The lowest BCUT2D eigenvalue weighted by molar-refractivity contribution is 0.252. The summed E-state index contributed by atoms with van der Waals surface area (Å²) in [6.45, 7) is 5.65. The van der Waals surface area contributed by atoms with Gasteiger partial charge in [0, 0.05) is 11.5 Å². The van der Waals surface area contributed by atoms with Crippen molar-refractivity contribution >= 4 is 16.0 Å². The largest absolute Gasteiger partial charge is 0.458 e. The quantitative estimate of drug-likeness (QED) is 0.734. The van der Waals surface area contributed by atoms with Crippen LogP contribution >= 0.6 is 0 Å². The Labute approximate surface area is 129 Å². The molecule has 0 amide bonds. The van der Waals surface area contributed by atoms with Gasteiger partial charge in [-0.15, -0.1) is 0 Å². The van der Waals surface area contributed by atoms with Crippen LogP contribution < -0.4 is 0 Å². The maximum absolute atomic E-state index is 10.6. The molecule has 0 aliphatic heterocycles. The first-order valence-electron chi connectivity index (χ1n) is 7.15. The minimum absolute atomic E-state index is 0.0760. The maximum atomic E-state index is 10.6. The summed E-state index contributed by atoms with van der Waals surface area (Å²) in [7, 11) is -0.738. The van der Waals surface area contributed by atoms with Crippen LogP contribution in [-0.2, 0) is 9.53 Å². The van der Waals surface area contributed by atoms with E-state index >= 15 is 0 Å². The Bertz CT molecular complexity index is 500. The zero-order chi connectivity index (χ0) is 15.1. The van der Waals surface area contributed by atoms with Gasteiger partial charge in [0.05, 0.1) is 15.2 Å². The predicted molar refractivity (Wildman–Crippen MR) is 88.4 cm³/mol. The van der Waals surface area contributed by atoms with Crippen molar-refractivity contribution in [2.75, 3.05) is 0 Å². The Balaban J connectivity index is 2.30. The fraction of sp³-hybridized carbons (Fsp3) is 0.222. The summed E-state index contributed by atoms with van der Waals surface area (Å²) >= 11 is 0. The molecule has 0 saturated carbocycles. The molecule has 0 aliphatic carbocycles. The molecular weight excluding hydrogens is 276 g/mol. The van der Waals surface area contributed by atoms with Crippen LogP contribution in [0.4, 0.5) is 0 Å². The molecule has 0 N–H and O–H groups in total. The summed E-state index contributed by atoms with van der Waals surface area (Å²) in [6, 6.07) is 20.9. The Morgan fingerprint density at radius 3 is 1.81 bits per heavy atom. The molecule has 3 heteroatoms. The molecule has 0 aromatic heterocycles. The van der Waals surface area contributed by atoms with Gasteiger partial charge in [0.1, 0.15) is 0 Å². The summed E-state index contributed by atoms with van der Waals surface area (Å²) in [5.74, 6) is 1.14. The van der Waals surface area contributed by atoms with Crippen LogP contribution in [0.25, 0.3) is 0 Å². The van der Waals surface area contributed by atoms with Gasteiger partial charge in [-0.1, -0.05) is 74.5 Å². The molecule has 21 heavy (non-hydrogen) atoms. The summed E-state index contributed by atoms with van der Waals surface area (Å²) in [6.07, 6.45) is 0. The Kier molecular flexibility index (Phi) is 5.75. The van der Waals surface area contributed by atoms with Crippen LogP contribution in [0.3, 0.4) is 0 Å². The van der Waals surface area contributed by atoms with Crippen molar-refractivity contribution in [3.63, 3.8) is 0 Å². The second-order valence-corrected chi connectivity index (χ2v) is 7.41. The molecule has 0 saturated heterocycles. The third kappa shape index (κ3) is 4.30. The minimum atomic E-state index is -0.738. The SMILES string of the molecule is C[C](C)C(O[C]=O)[SiH2]C(c1ccccc1)c1ccccc1.